The fraction of sp³-hybridized carbons (Fsp3) is 0.143. The van der Waals surface area contributed by atoms with Crippen molar-refractivity contribution < 1.29 is 14.7 Å². The van der Waals surface area contributed by atoms with Gasteiger partial charge in [0.2, 0.25) is 5.91 Å². The first kappa shape index (κ1) is 15.5. The number of halogens is 1. The van der Waals surface area contributed by atoms with Gasteiger partial charge < -0.3 is 16.2 Å². The van der Waals surface area contributed by atoms with Gasteiger partial charge in [0, 0.05) is 15.5 Å². The average molecular weight is 325 g/mol. The van der Waals surface area contributed by atoms with E-state index in [9.17, 15) is 14.7 Å². The third-order valence-electron chi connectivity index (χ3n) is 2.88. The number of nitrogens with one attached hydrogen (secondary N) is 1. The standard InChI is InChI=1S/C14H13ClN2O3S/c15-9-5-2-1-4-8(9)12(14(19)20)17-13(18)11(16)10-6-3-7-21-10/h1-7,11-12H,16H2,(H,17,18)(H,19,20)/t11?,12-/m1/s1. The first-order chi connectivity index (χ1) is 10.0. The van der Waals surface area contributed by atoms with Gasteiger partial charge in [-0.1, -0.05) is 35.9 Å². The molecule has 0 bridgehead atoms. The van der Waals surface area contributed by atoms with E-state index >= 15 is 0 Å². The average Bonchev–Trinajstić information content (AvgIpc) is 2.98. The Morgan fingerprint density at radius 2 is 1.95 bits per heavy atom. The topological polar surface area (TPSA) is 92.4 Å². The van der Waals surface area contributed by atoms with Crippen molar-refractivity contribution in [1.29, 1.82) is 0 Å². The summed E-state index contributed by atoms with van der Waals surface area (Å²) < 4.78 is 0. The lowest BCUT2D eigenvalue weighted by atomic mass is 10.1. The highest BCUT2D eigenvalue weighted by molar-refractivity contribution is 7.10. The van der Waals surface area contributed by atoms with Gasteiger partial charge in [0.25, 0.3) is 0 Å². The van der Waals surface area contributed by atoms with Crippen LogP contribution in [0.3, 0.4) is 0 Å². The maximum Gasteiger partial charge on any atom is 0.330 e. The number of hydrogen-bond acceptors (Lipinski definition) is 4. The molecule has 0 saturated heterocycles. The summed E-state index contributed by atoms with van der Waals surface area (Å²) >= 11 is 7.32. The number of benzene rings is 1. The molecule has 5 nitrogen and oxygen atoms in total. The number of nitrogens with two attached hydrogens (primary N) is 1. The molecule has 0 fully saturated rings. The van der Waals surface area contributed by atoms with E-state index in [2.05, 4.69) is 5.32 Å². The summed E-state index contributed by atoms with van der Waals surface area (Å²) in [5.74, 6) is -1.76. The van der Waals surface area contributed by atoms with Gasteiger partial charge in [-0.25, -0.2) is 4.79 Å². The molecule has 1 heterocycles. The Hall–Kier alpha value is -1.89. The fourth-order valence-electron chi connectivity index (χ4n) is 1.81. The number of aliphatic carboxylic acids is 1. The van der Waals surface area contributed by atoms with Crippen LogP contribution >= 0.6 is 22.9 Å². The van der Waals surface area contributed by atoms with Crippen molar-refractivity contribution in [1.82, 2.24) is 5.32 Å². The predicted octanol–water partition coefficient (Wildman–Crippen LogP) is 2.34. The molecule has 2 atom stereocenters. The van der Waals surface area contributed by atoms with Crippen molar-refractivity contribution in [3.05, 3.63) is 57.2 Å². The van der Waals surface area contributed by atoms with Gasteiger partial charge in [-0.3, -0.25) is 4.79 Å². The molecule has 4 N–H and O–H groups in total. The monoisotopic (exact) mass is 324 g/mol. The van der Waals surface area contributed by atoms with Gasteiger partial charge in [-0.2, -0.15) is 0 Å². The van der Waals surface area contributed by atoms with Crippen molar-refractivity contribution in [3.63, 3.8) is 0 Å². The number of carboxylic acids is 1. The van der Waals surface area contributed by atoms with E-state index in [-0.39, 0.29) is 5.02 Å². The van der Waals surface area contributed by atoms with Crippen LogP contribution in [0.5, 0.6) is 0 Å². The number of rotatable bonds is 5. The van der Waals surface area contributed by atoms with Crippen molar-refractivity contribution in [2.45, 2.75) is 12.1 Å². The summed E-state index contributed by atoms with van der Waals surface area (Å²) in [6.07, 6.45) is 0. The lowest BCUT2D eigenvalue weighted by molar-refractivity contribution is -0.142. The summed E-state index contributed by atoms with van der Waals surface area (Å²) in [4.78, 5) is 24.2. The van der Waals surface area contributed by atoms with Crippen LogP contribution in [0.1, 0.15) is 22.5 Å². The minimum absolute atomic E-state index is 0.273. The summed E-state index contributed by atoms with van der Waals surface area (Å²) in [7, 11) is 0. The Morgan fingerprint density at radius 3 is 2.52 bits per heavy atom. The number of carbonyl (C=O) groups excluding carboxylic acids is 1. The Bertz CT molecular complexity index is 645. The lowest BCUT2D eigenvalue weighted by Gasteiger charge is -2.18. The summed E-state index contributed by atoms with van der Waals surface area (Å²) in [6.45, 7) is 0. The van der Waals surface area contributed by atoms with Crippen LogP contribution in [0.15, 0.2) is 41.8 Å². The zero-order valence-corrected chi connectivity index (χ0v) is 12.4. The SMILES string of the molecule is NC(C(=O)N[C@@H](C(=O)O)c1ccccc1Cl)c1cccs1. The van der Waals surface area contributed by atoms with E-state index in [4.69, 9.17) is 17.3 Å². The molecule has 0 radical (unpaired) electrons. The summed E-state index contributed by atoms with van der Waals surface area (Å²) in [6, 6.07) is 7.81. The zero-order valence-electron chi connectivity index (χ0n) is 10.8. The minimum Gasteiger partial charge on any atom is -0.479 e. The molecule has 110 valence electrons. The van der Waals surface area contributed by atoms with Crippen LogP contribution in [0.2, 0.25) is 5.02 Å². The number of carboxylic acid groups (broad SMARTS) is 1. The highest BCUT2D eigenvalue weighted by Gasteiger charge is 2.27. The smallest absolute Gasteiger partial charge is 0.330 e. The molecule has 0 spiro atoms. The van der Waals surface area contributed by atoms with Gasteiger partial charge in [0.15, 0.2) is 6.04 Å². The molecule has 0 saturated carbocycles. The third-order valence-corrected chi connectivity index (χ3v) is 4.18. The second-order valence-electron chi connectivity index (χ2n) is 4.29. The maximum absolute atomic E-state index is 12.1. The minimum atomic E-state index is -1.24. The predicted molar refractivity (Wildman–Crippen MR) is 81.2 cm³/mol. The van der Waals surface area contributed by atoms with Crippen LogP contribution in [0, 0.1) is 0 Å². The molecule has 21 heavy (non-hydrogen) atoms. The molecule has 7 heteroatoms. The summed E-state index contributed by atoms with van der Waals surface area (Å²) in [5.41, 5.74) is 6.14. The van der Waals surface area contributed by atoms with E-state index in [1.54, 1.807) is 41.8 Å². The van der Waals surface area contributed by atoms with Gasteiger partial charge in [-0.15, -0.1) is 11.3 Å². The third kappa shape index (κ3) is 3.60. The van der Waals surface area contributed by atoms with Gasteiger partial charge in [-0.05, 0) is 17.5 Å². The van der Waals surface area contributed by atoms with E-state index in [1.165, 1.54) is 11.3 Å². The first-order valence-electron chi connectivity index (χ1n) is 6.07. The van der Waals surface area contributed by atoms with Gasteiger partial charge >= 0.3 is 5.97 Å². The Labute approximate surface area is 130 Å². The van der Waals surface area contributed by atoms with E-state index < -0.39 is 24.0 Å². The fourth-order valence-corrected chi connectivity index (χ4v) is 2.78. The number of carbonyl (C=O) groups is 2. The van der Waals surface area contributed by atoms with Crippen LogP contribution in [0.4, 0.5) is 0 Å². The normalized spacial score (nSPS) is 13.4. The van der Waals surface area contributed by atoms with Crippen molar-refractivity contribution in [3.8, 4) is 0 Å². The van der Waals surface area contributed by atoms with Crippen LogP contribution < -0.4 is 11.1 Å². The largest absolute Gasteiger partial charge is 0.479 e. The quantitative estimate of drug-likeness (QED) is 0.787. The van der Waals surface area contributed by atoms with Crippen LogP contribution in [-0.4, -0.2) is 17.0 Å². The van der Waals surface area contributed by atoms with Crippen molar-refractivity contribution in [2.24, 2.45) is 5.73 Å². The molecule has 1 unspecified atom stereocenters. The molecular formula is C14H13ClN2O3S. The molecule has 0 aliphatic heterocycles. The van der Waals surface area contributed by atoms with Gasteiger partial charge in [0.1, 0.15) is 6.04 Å². The highest BCUT2D eigenvalue weighted by Crippen LogP contribution is 2.24. The lowest BCUT2D eigenvalue weighted by Crippen LogP contribution is -2.39. The number of hydrogen-bond donors (Lipinski definition) is 3. The molecule has 1 aromatic heterocycles. The van der Waals surface area contributed by atoms with E-state index in [0.29, 0.717) is 10.4 Å². The number of amides is 1. The van der Waals surface area contributed by atoms with Crippen molar-refractivity contribution >= 4 is 34.8 Å². The summed E-state index contributed by atoms with van der Waals surface area (Å²) in [5, 5.41) is 13.8. The molecule has 2 rings (SSSR count). The second-order valence-corrected chi connectivity index (χ2v) is 5.68. The Balaban J connectivity index is 2.19. The van der Waals surface area contributed by atoms with E-state index in [1.807, 2.05) is 0 Å². The molecule has 0 aliphatic rings. The van der Waals surface area contributed by atoms with Gasteiger partial charge in [0.05, 0.1) is 0 Å². The maximum atomic E-state index is 12.1. The molecule has 1 aromatic carbocycles. The molecule has 2 aromatic rings. The van der Waals surface area contributed by atoms with Crippen molar-refractivity contribution in [2.75, 3.05) is 0 Å². The first-order valence-corrected chi connectivity index (χ1v) is 7.33. The van der Waals surface area contributed by atoms with Crippen LogP contribution in [-0.2, 0) is 9.59 Å². The van der Waals surface area contributed by atoms with E-state index in [0.717, 1.165) is 0 Å². The highest BCUT2D eigenvalue weighted by atomic mass is 35.5. The second kappa shape index (κ2) is 6.71. The zero-order chi connectivity index (χ0) is 15.4. The molecular weight excluding hydrogens is 312 g/mol. The van der Waals surface area contributed by atoms with Crippen LogP contribution in [0.25, 0.3) is 0 Å². The molecule has 1 amide bonds. The molecule has 0 aliphatic carbocycles. The number of thiophene rings is 1. The Morgan fingerprint density at radius 1 is 1.24 bits per heavy atom. The Kier molecular flexibility index (Phi) is 4.95.